The maximum atomic E-state index is 12.3. The molecule has 1 aliphatic heterocycles. The third-order valence-corrected chi connectivity index (χ3v) is 4.05. The Hall–Kier alpha value is -1.42. The maximum absolute atomic E-state index is 12.3. The van der Waals surface area contributed by atoms with Gasteiger partial charge in [-0.25, -0.2) is 0 Å². The van der Waals surface area contributed by atoms with Crippen LogP contribution in [0.4, 0.5) is 0 Å². The van der Waals surface area contributed by atoms with Crippen LogP contribution in [0.3, 0.4) is 0 Å². The van der Waals surface area contributed by atoms with E-state index < -0.39 is 0 Å². The number of hydrogen-bond donors (Lipinski definition) is 1. The van der Waals surface area contributed by atoms with Gasteiger partial charge in [0, 0.05) is 18.9 Å². The zero-order chi connectivity index (χ0) is 13.1. The standard InChI is InChI=1S/C15H21N3O/c19-15(11-17-9-12-5-6-12)18-8-2-4-14(18)13-3-1-7-16-10-13/h1,3,7,10,12,14,17H,2,4-6,8-9,11H2. The molecule has 102 valence electrons. The fraction of sp³-hybridized carbons (Fsp3) is 0.600. The van der Waals surface area contributed by atoms with Crippen molar-refractivity contribution in [1.29, 1.82) is 0 Å². The van der Waals surface area contributed by atoms with Crippen molar-refractivity contribution in [1.82, 2.24) is 15.2 Å². The van der Waals surface area contributed by atoms with E-state index in [1.165, 1.54) is 12.8 Å². The molecule has 0 bridgehead atoms. The minimum atomic E-state index is 0.226. The summed E-state index contributed by atoms with van der Waals surface area (Å²) in [6.07, 6.45) is 8.45. The van der Waals surface area contributed by atoms with E-state index in [1.807, 2.05) is 17.2 Å². The van der Waals surface area contributed by atoms with Crippen LogP contribution < -0.4 is 5.32 Å². The zero-order valence-corrected chi connectivity index (χ0v) is 11.2. The van der Waals surface area contributed by atoms with Crippen LogP contribution in [0.5, 0.6) is 0 Å². The van der Waals surface area contributed by atoms with E-state index in [0.717, 1.165) is 37.4 Å². The van der Waals surface area contributed by atoms with Crippen molar-refractivity contribution in [3.63, 3.8) is 0 Å². The Morgan fingerprint density at radius 2 is 2.32 bits per heavy atom. The molecule has 19 heavy (non-hydrogen) atoms. The van der Waals surface area contributed by atoms with E-state index in [1.54, 1.807) is 6.20 Å². The monoisotopic (exact) mass is 259 g/mol. The maximum Gasteiger partial charge on any atom is 0.237 e. The van der Waals surface area contributed by atoms with E-state index in [0.29, 0.717) is 6.54 Å². The van der Waals surface area contributed by atoms with Crippen molar-refractivity contribution < 1.29 is 4.79 Å². The van der Waals surface area contributed by atoms with E-state index >= 15 is 0 Å². The summed E-state index contributed by atoms with van der Waals surface area (Å²) in [5.74, 6) is 1.05. The van der Waals surface area contributed by atoms with Gasteiger partial charge in [-0.05, 0) is 49.8 Å². The molecule has 0 aromatic carbocycles. The SMILES string of the molecule is O=C(CNCC1CC1)N1CCCC1c1cccnc1. The highest BCUT2D eigenvalue weighted by atomic mass is 16.2. The lowest BCUT2D eigenvalue weighted by atomic mass is 10.1. The van der Waals surface area contributed by atoms with Crippen LogP contribution in [0.25, 0.3) is 0 Å². The van der Waals surface area contributed by atoms with Gasteiger partial charge in [0.2, 0.25) is 5.91 Å². The average molecular weight is 259 g/mol. The van der Waals surface area contributed by atoms with E-state index in [-0.39, 0.29) is 11.9 Å². The van der Waals surface area contributed by atoms with Crippen molar-refractivity contribution in [2.24, 2.45) is 5.92 Å². The highest BCUT2D eigenvalue weighted by Gasteiger charge is 2.30. The minimum Gasteiger partial charge on any atom is -0.334 e. The van der Waals surface area contributed by atoms with Gasteiger partial charge in [0.05, 0.1) is 12.6 Å². The molecule has 4 heteroatoms. The first-order valence-corrected chi connectivity index (χ1v) is 7.24. The minimum absolute atomic E-state index is 0.226. The summed E-state index contributed by atoms with van der Waals surface area (Å²) in [7, 11) is 0. The molecule has 1 unspecified atom stereocenters. The third-order valence-electron chi connectivity index (χ3n) is 4.05. The first-order chi connectivity index (χ1) is 9.34. The molecule has 0 spiro atoms. The van der Waals surface area contributed by atoms with Gasteiger partial charge in [-0.15, -0.1) is 0 Å². The van der Waals surface area contributed by atoms with Crippen molar-refractivity contribution in [2.45, 2.75) is 31.7 Å². The molecule has 1 amide bonds. The Morgan fingerprint density at radius 3 is 3.05 bits per heavy atom. The molecule has 2 fully saturated rings. The molecule has 2 heterocycles. The van der Waals surface area contributed by atoms with Crippen LogP contribution in [0, 0.1) is 5.92 Å². The number of pyridine rings is 1. The molecule has 3 rings (SSSR count). The topological polar surface area (TPSA) is 45.2 Å². The Kier molecular flexibility index (Phi) is 3.78. The Balaban J connectivity index is 1.57. The molecule has 1 aromatic rings. The number of hydrogen-bond acceptors (Lipinski definition) is 3. The van der Waals surface area contributed by atoms with Crippen molar-refractivity contribution in [3.05, 3.63) is 30.1 Å². The van der Waals surface area contributed by atoms with Gasteiger partial charge in [0.15, 0.2) is 0 Å². The van der Waals surface area contributed by atoms with Gasteiger partial charge in [0.25, 0.3) is 0 Å². The second-order valence-corrected chi connectivity index (χ2v) is 5.61. The first-order valence-electron chi connectivity index (χ1n) is 7.24. The molecule has 1 aromatic heterocycles. The van der Waals surface area contributed by atoms with Gasteiger partial charge >= 0.3 is 0 Å². The number of carbonyl (C=O) groups excluding carboxylic acids is 1. The summed E-state index contributed by atoms with van der Waals surface area (Å²) in [5, 5.41) is 3.29. The Bertz CT molecular complexity index is 430. The predicted octanol–water partition coefficient (Wildman–Crippen LogP) is 1.74. The van der Waals surface area contributed by atoms with Crippen LogP contribution in [0.1, 0.15) is 37.3 Å². The molecule has 4 nitrogen and oxygen atoms in total. The lowest BCUT2D eigenvalue weighted by Crippen LogP contribution is -2.38. The van der Waals surface area contributed by atoms with E-state index in [4.69, 9.17) is 0 Å². The van der Waals surface area contributed by atoms with Gasteiger partial charge in [-0.1, -0.05) is 6.07 Å². The number of carbonyl (C=O) groups is 1. The van der Waals surface area contributed by atoms with Crippen molar-refractivity contribution in [2.75, 3.05) is 19.6 Å². The second kappa shape index (κ2) is 5.70. The molecule has 0 radical (unpaired) electrons. The van der Waals surface area contributed by atoms with Crippen LogP contribution in [-0.2, 0) is 4.79 Å². The van der Waals surface area contributed by atoms with Gasteiger partial charge in [-0.2, -0.15) is 0 Å². The summed E-state index contributed by atoms with van der Waals surface area (Å²) in [4.78, 5) is 18.4. The number of rotatable bonds is 5. The number of aromatic nitrogens is 1. The van der Waals surface area contributed by atoms with Crippen LogP contribution in [0.15, 0.2) is 24.5 Å². The average Bonchev–Trinajstić information content (AvgIpc) is 3.13. The lowest BCUT2D eigenvalue weighted by Gasteiger charge is -2.25. The van der Waals surface area contributed by atoms with Crippen LogP contribution >= 0.6 is 0 Å². The van der Waals surface area contributed by atoms with Gasteiger partial charge in [0.1, 0.15) is 0 Å². The molecule has 1 N–H and O–H groups in total. The zero-order valence-electron chi connectivity index (χ0n) is 11.2. The summed E-state index contributed by atoms with van der Waals surface area (Å²) >= 11 is 0. The second-order valence-electron chi connectivity index (χ2n) is 5.61. The first kappa shape index (κ1) is 12.6. The number of nitrogens with zero attached hydrogens (tertiary/aromatic N) is 2. The molecular weight excluding hydrogens is 238 g/mol. The summed E-state index contributed by atoms with van der Waals surface area (Å²) < 4.78 is 0. The molecule has 1 atom stereocenters. The van der Waals surface area contributed by atoms with Gasteiger partial charge in [-0.3, -0.25) is 9.78 Å². The lowest BCUT2D eigenvalue weighted by molar-refractivity contribution is -0.131. The molecule has 1 saturated carbocycles. The van der Waals surface area contributed by atoms with Gasteiger partial charge < -0.3 is 10.2 Å². The fourth-order valence-corrected chi connectivity index (χ4v) is 2.79. The largest absolute Gasteiger partial charge is 0.334 e. The number of nitrogens with one attached hydrogen (secondary N) is 1. The molecular formula is C15H21N3O. The number of amides is 1. The highest BCUT2D eigenvalue weighted by Crippen LogP contribution is 2.31. The molecule has 1 aliphatic carbocycles. The normalized spacial score (nSPS) is 22.7. The quantitative estimate of drug-likeness (QED) is 0.876. The summed E-state index contributed by atoms with van der Waals surface area (Å²) in [6, 6.07) is 4.24. The summed E-state index contributed by atoms with van der Waals surface area (Å²) in [5.41, 5.74) is 1.16. The van der Waals surface area contributed by atoms with Crippen molar-refractivity contribution >= 4 is 5.91 Å². The Morgan fingerprint density at radius 1 is 1.42 bits per heavy atom. The molecule has 1 saturated heterocycles. The predicted molar refractivity (Wildman–Crippen MR) is 73.5 cm³/mol. The summed E-state index contributed by atoms with van der Waals surface area (Å²) in [6.45, 7) is 2.36. The van der Waals surface area contributed by atoms with Crippen molar-refractivity contribution in [3.8, 4) is 0 Å². The van der Waals surface area contributed by atoms with E-state index in [2.05, 4.69) is 16.4 Å². The van der Waals surface area contributed by atoms with Crippen LogP contribution in [0.2, 0.25) is 0 Å². The Labute approximate surface area is 114 Å². The third kappa shape index (κ3) is 3.13. The van der Waals surface area contributed by atoms with E-state index in [9.17, 15) is 4.79 Å². The van der Waals surface area contributed by atoms with Crippen LogP contribution in [-0.4, -0.2) is 35.4 Å². The number of likely N-dealkylation sites (tertiary alicyclic amines) is 1. The highest BCUT2D eigenvalue weighted by molar-refractivity contribution is 5.79. The fourth-order valence-electron chi connectivity index (χ4n) is 2.79. The molecule has 2 aliphatic rings. The smallest absolute Gasteiger partial charge is 0.237 e.